The number of hydrogen-bond acceptors (Lipinski definition) is 5. The summed E-state index contributed by atoms with van der Waals surface area (Å²) in [6, 6.07) is 8.84. The number of rotatable bonds is 6. The van der Waals surface area contributed by atoms with Crippen molar-refractivity contribution in [2.75, 3.05) is 14.2 Å². The first-order chi connectivity index (χ1) is 12.5. The molecule has 0 fully saturated rings. The lowest BCUT2D eigenvalue weighted by molar-refractivity contribution is 0.414. The summed E-state index contributed by atoms with van der Waals surface area (Å²) in [5.41, 5.74) is 1.06. The minimum atomic E-state index is -3.93. The van der Waals surface area contributed by atoms with E-state index in [9.17, 15) is 12.8 Å². The molecule has 0 bridgehead atoms. The molecule has 2 heterocycles. The molecule has 1 N–H and O–H groups in total. The highest BCUT2D eigenvalue weighted by atomic mass is 32.2. The van der Waals surface area contributed by atoms with Crippen molar-refractivity contribution in [3.8, 4) is 17.0 Å². The molecule has 3 aromatic rings. The van der Waals surface area contributed by atoms with E-state index in [1.165, 1.54) is 56.0 Å². The molecule has 0 radical (unpaired) electrons. The molecule has 0 unspecified atom stereocenters. The van der Waals surface area contributed by atoms with Gasteiger partial charge in [-0.15, -0.1) is 0 Å². The van der Waals surface area contributed by atoms with Crippen molar-refractivity contribution in [2.24, 2.45) is 0 Å². The molecule has 2 aromatic heterocycles. The van der Waals surface area contributed by atoms with Gasteiger partial charge >= 0.3 is 0 Å². The third kappa shape index (κ3) is 3.33. The second-order valence-electron chi connectivity index (χ2n) is 5.60. The molecule has 1 aromatic carbocycles. The Bertz CT molecular complexity index is 1020. The lowest BCUT2D eigenvalue weighted by Crippen LogP contribution is -2.14. The largest absolute Gasteiger partial charge is 0.497 e. The first-order valence-corrected chi connectivity index (χ1v) is 9.26. The molecule has 0 aliphatic heterocycles. The van der Waals surface area contributed by atoms with Crippen LogP contribution in [-0.2, 0) is 16.6 Å². The van der Waals surface area contributed by atoms with E-state index in [0.29, 0.717) is 17.9 Å². The van der Waals surface area contributed by atoms with E-state index in [2.05, 4.69) is 10.3 Å². The summed E-state index contributed by atoms with van der Waals surface area (Å²) in [5, 5.41) is 2.97. The fraction of sp³-hybridized carbons (Fsp3) is 0.167. The predicted octanol–water partition coefficient (Wildman–Crippen LogP) is 2.65. The summed E-state index contributed by atoms with van der Waals surface area (Å²) in [6.07, 6.45) is 4.23. The van der Waals surface area contributed by atoms with Gasteiger partial charge in [-0.25, -0.2) is 16.8 Å². The van der Waals surface area contributed by atoms with Crippen LogP contribution in [-0.4, -0.2) is 31.5 Å². The molecule has 0 aliphatic rings. The van der Waals surface area contributed by atoms with Gasteiger partial charge in [0.2, 0.25) is 0 Å². The molecule has 0 aliphatic carbocycles. The number of halogens is 1. The topological polar surface area (TPSA) is 73.2 Å². The second kappa shape index (κ2) is 7.27. The summed E-state index contributed by atoms with van der Waals surface area (Å²) >= 11 is 0. The Labute approximate surface area is 151 Å². The van der Waals surface area contributed by atoms with Crippen molar-refractivity contribution >= 4 is 10.0 Å². The van der Waals surface area contributed by atoms with Gasteiger partial charge in [0.1, 0.15) is 16.5 Å². The van der Waals surface area contributed by atoms with Gasteiger partial charge < -0.3 is 10.1 Å². The van der Waals surface area contributed by atoms with Crippen LogP contribution in [0.1, 0.15) is 5.56 Å². The Balaban J connectivity index is 2.24. The zero-order valence-electron chi connectivity index (χ0n) is 14.3. The quantitative estimate of drug-likeness (QED) is 0.717. The molecule has 0 saturated carbocycles. The molecular weight excluding hydrogens is 357 g/mol. The van der Waals surface area contributed by atoms with E-state index in [4.69, 9.17) is 4.74 Å². The molecular formula is C18H18FN3O3S. The summed E-state index contributed by atoms with van der Waals surface area (Å²) < 4.78 is 46.8. The number of ether oxygens (including phenoxy) is 1. The standard InChI is InChI=1S/C18H18FN3O3S/c1-20-10-13-8-18(16-9-14(25-2)5-6-17(16)19)22(12-13)26(23,24)15-4-3-7-21-11-15/h3-9,11-12,20H,10H2,1-2H3. The number of nitrogens with one attached hydrogen (secondary N) is 1. The minimum Gasteiger partial charge on any atom is -0.497 e. The van der Waals surface area contributed by atoms with Crippen LogP contribution in [0.2, 0.25) is 0 Å². The number of aromatic nitrogens is 2. The van der Waals surface area contributed by atoms with Crippen molar-refractivity contribution in [3.05, 3.63) is 66.4 Å². The molecule has 0 amide bonds. The van der Waals surface area contributed by atoms with Gasteiger partial charge in [-0.1, -0.05) is 0 Å². The van der Waals surface area contributed by atoms with Gasteiger partial charge in [-0.05, 0) is 49.0 Å². The van der Waals surface area contributed by atoms with Crippen LogP contribution < -0.4 is 10.1 Å². The first kappa shape index (κ1) is 18.1. The van der Waals surface area contributed by atoms with Crippen LogP contribution >= 0.6 is 0 Å². The molecule has 6 nitrogen and oxygen atoms in total. The number of hydrogen-bond donors (Lipinski definition) is 1. The van der Waals surface area contributed by atoms with Gasteiger partial charge in [-0.3, -0.25) is 4.98 Å². The maximum absolute atomic E-state index is 14.5. The summed E-state index contributed by atoms with van der Waals surface area (Å²) in [7, 11) is -0.717. The molecule has 136 valence electrons. The zero-order valence-corrected chi connectivity index (χ0v) is 15.1. The highest BCUT2D eigenvalue weighted by Crippen LogP contribution is 2.31. The summed E-state index contributed by atoms with van der Waals surface area (Å²) in [6.45, 7) is 0.439. The highest BCUT2D eigenvalue weighted by Gasteiger charge is 2.23. The van der Waals surface area contributed by atoms with Gasteiger partial charge in [0.05, 0.1) is 12.8 Å². The first-order valence-electron chi connectivity index (χ1n) is 7.82. The Morgan fingerprint density at radius 2 is 2.08 bits per heavy atom. The molecule has 0 spiro atoms. The normalized spacial score (nSPS) is 11.5. The number of benzene rings is 1. The lowest BCUT2D eigenvalue weighted by Gasteiger charge is -2.12. The van der Waals surface area contributed by atoms with Crippen LogP contribution in [0.25, 0.3) is 11.3 Å². The molecule has 0 saturated heterocycles. The van der Waals surface area contributed by atoms with E-state index in [-0.39, 0.29) is 16.2 Å². The van der Waals surface area contributed by atoms with Crippen molar-refractivity contribution in [1.82, 2.24) is 14.3 Å². The van der Waals surface area contributed by atoms with Crippen molar-refractivity contribution in [1.29, 1.82) is 0 Å². The van der Waals surface area contributed by atoms with E-state index in [1.807, 2.05) is 0 Å². The second-order valence-corrected chi connectivity index (χ2v) is 7.41. The predicted molar refractivity (Wildman–Crippen MR) is 96.0 cm³/mol. The van der Waals surface area contributed by atoms with Crippen LogP contribution in [0, 0.1) is 5.82 Å². The zero-order chi connectivity index (χ0) is 18.7. The molecule has 0 atom stereocenters. The van der Waals surface area contributed by atoms with Gasteiger partial charge in [0, 0.05) is 30.7 Å². The van der Waals surface area contributed by atoms with E-state index >= 15 is 0 Å². The molecule has 3 rings (SSSR count). The van der Waals surface area contributed by atoms with E-state index in [1.54, 1.807) is 13.1 Å². The molecule has 8 heteroatoms. The van der Waals surface area contributed by atoms with E-state index in [0.717, 1.165) is 3.97 Å². The monoisotopic (exact) mass is 375 g/mol. The Kier molecular flexibility index (Phi) is 5.06. The summed E-state index contributed by atoms with van der Waals surface area (Å²) in [4.78, 5) is 3.89. The highest BCUT2D eigenvalue weighted by molar-refractivity contribution is 7.90. The third-order valence-corrected chi connectivity index (χ3v) is 5.52. The third-order valence-electron chi connectivity index (χ3n) is 3.86. The Hall–Kier alpha value is -2.71. The van der Waals surface area contributed by atoms with Crippen LogP contribution in [0.4, 0.5) is 4.39 Å². The van der Waals surface area contributed by atoms with Gasteiger partial charge in [-0.2, -0.15) is 0 Å². The molecule has 26 heavy (non-hydrogen) atoms. The van der Waals surface area contributed by atoms with Crippen LogP contribution in [0.15, 0.2) is 59.9 Å². The number of pyridine rings is 1. The number of nitrogens with zero attached hydrogens (tertiary/aromatic N) is 2. The van der Waals surface area contributed by atoms with Gasteiger partial charge in [0.15, 0.2) is 0 Å². The van der Waals surface area contributed by atoms with Gasteiger partial charge in [0.25, 0.3) is 10.0 Å². The Morgan fingerprint density at radius 1 is 1.27 bits per heavy atom. The average Bonchev–Trinajstić information content (AvgIpc) is 3.08. The van der Waals surface area contributed by atoms with Crippen molar-refractivity contribution in [2.45, 2.75) is 11.4 Å². The Morgan fingerprint density at radius 3 is 2.73 bits per heavy atom. The number of methoxy groups -OCH3 is 1. The fourth-order valence-corrected chi connectivity index (χ4v) is 3.99. The van der Waals surface area contributed by atoms with Crippen LogP contribution in [0.5, 0.6) is 5.75 Å². The van der Waals surface area contributed by atoms with E-state index < -0.39 is 15.8 Å². The minimum absolute atomic E-state index is 0.0242. The fourth-order valence-electron chi connectivity index (χ4n) is 2.63. The smallest absolute Gasteiger partial charge is 0.269 e. The lowest BCUT2D eigenvalue weighted by atomic mass is 10.1. The maximum atomic E-state index is 14.5. The summed E-state index contributed by atoms with van der Waals surface area (Å²) in [5.74, 6) is -0.106. The SMILES string of the molecule is CNCc1cc(-c2cc(OC)ccc2F)n(S(=O)(=O)c2cccnc2)c1. The van der Waals surface area contributed by atoms with Crippen molar-refractivity contribution < 1.29 is 17.5 Å². The average molecular weight is 375 g/mol. The van der Waals surface area contributed by atoms with Crippen molar-refractivity contribution in [3.63, 3.8) is 0 Å². The maximum Gasteiger partial charge on any atom is 0.269 e. The van der Waals surface area contributed by atoms with Crippen LogP contribution in [0.3, 0.4) is 0 Å².